The highest BCUT2D eigenvalue weighted by atomic mass is 16.2. The lowest BCUT2D eigenvalue weighted by atomic mass is 10.0. The predicted molar refractivity (Wildman–Crippen MR) is 76.3 cm³/mol. The first-order valence-electron chi connectivity index (χ1n) is 7.92. The number of carbonyl (C=O) groups is 3. The van der Waals surface area contributed by atoms with Crippen LogP contribution in [-0.4, -0.2) is 59.2 Å². The number of amides is 3. The van der Waals surface area contributed by atoms with Gasteiger partial charge < -0.3 is 10.2 Å². The number of rotatable bonds is 3. The third-order valence-electron chi connectivity index (χ3n) is 4.94. The van der Waals surface area contributed by atoms with Crippen LogP contribution in [0.2, 0.25) is 0 Å². The van der Waals surface area contributed by atoms with Gasteiger partial charge in [0.25, 0.3) is 0 Å². The van der Waals surface area contributed by atoms with Gasteiger partial charge in [-0.1, -0.05) is 12.8 Å². The molecular formula is C15H23N3O3. The van der Waals surface area contributed by atoms with E-state index in [0.717, 1.165) is 32.1 Å². The van der Waals surface area contributed by atoms with E-state index in [4.69, 9.17) is 0 Å². The molecule has 3 rings (SSSR count). The molecule has 6 nitrogen and oxygen atoms in total. The summed E-state index contributed by atoms with van der Waals surface area (Å²) in [4.78, 5) is 39.3. The van der Waals surface area contributed by atoms with E-state index in [1.165, 1.54) is 4.90 Å². The second-order valence-electron chi connectivity index (χ2n) is 6.47. The van der Waals surface area contributed by atoms with Gasteiger partial charge in [-0.3, -0.25) is 19.3 Å². The van der Waals surface area contributed by atoms with E-state index >= 15 is 0 Å². The Labute approximate surface area is 124 Å². The first kappa shape index (κ1) is 14.5. The number of hydrogen-bond acceptors (Lipinski definition) is 4. The van der Waals surface area contributed by atoms with Crippen LogP contribution < -0.4 is 5.32 Å². The second-order valence-corrected chi connectivity index (χ2v) is 6.47. The van der Waals surface area contributed by atoms with Crippen molar-refractivity contribution in [1.82, 2.24) is 15.1 Å². The summed E-state index contributed by atoms with van der Waals surface area (Å²) in [6.07, 6.45) is 5.63. The molecular weight excluding hydrogens is 270 g/mol. The zero-order valence-corrected chi connectivity index (χ0v) is 12.5. The van der Waals surface area contributed by atoms with Gasteiger partial charge in [-0.25, -0.2) is 0 Å². The standard InChI is InChI=1S/C15H23N3O3/c1-17-9-10(6-7-13(17)19)16-12-8-14(20)18(15(12)21)11-4-2-3-5-11/h10-12,16H,2-9H2,1H3. The minimum atomic E-state index is -0.398. The van der Waals surface area contributed by atoms with Gasteiger partial charge in [-0.05, 0) is 19.3 Å². The lowest BCUT2D eigenvalue weighted by Crippen LogP contribution is -2.52. The molecule has 2 atom stereocenters. The molecule has 3 amide bonds. The average molecular weight is 293 g/mol. The van der Waals surface area contributed by atoms with Crippen LogP contribution in [0.1, 0.15) is 44.9 Å². The van der Waals surface area contributed by atoms with Crippen LogP contribution in [0.4, 0.5) is 0 Å². The Morgan fingerprint density at radius 2 is 1.76 bits per heavy atom. The topological polar surface area (TPSA) is 69.7 Å². The summed E-state index contributed by atoms with van der Waals surface area (Å²) in [5.41, 5.74) is 0. The van der Waals surface area contributed by atoms with Crippen LogP contribution in [0.25, 0.3) is 0 Å². The zero-order chi connectivity index (χ0) is 15.0. The van der Waals surface area contributed by atoms with Crippen LogP contribution >= 0.6 is 0 Å². The number of imide groups is 1. The summed E-state index contributed by atoms with van der Waals surface area (Å²) in [5, 5.41) is 3.30. The molecule has 0 bridgehead atoms. The van der Waals surface area contributed by atoms with Crippen molar-refractivity contribution < 1.29 is 14.4 Å². The SMILES string of the molecule is CN1CC(NC2CC(=O)N(C3CCCC3)C2=O)CCC1=O. The summed E-state index contributed by atoms with van der Waals surface area (Å²) in [6.45, 7) is 0.611. The Morgan fingerprint density at radius 3 is 2.43 bits per heavy atom. The van der Waals surface area contributed by atoms with Crippen LogP contribution in [0.15, 0.2) is 0 Å². The Kier molecular flexibility index (Phi) is 3.97. The van der Waals surface area contributed by atoms with Gasteiger partial charge >= 0.3 is 0 Å². The van der Waals surface area contributed by atoms with E-state index in [1.807, 2.05) is 0 Å². The largest absolute Gasteiger partial charge is 0.344 e. The maximum atomic E-state index is 12.5. The Morgan fingerprint density at radius 1 is 1.05 bits per heavy atom. The second kappa shape index (κ2) is 5.75. The third kappa shape index (κ3) is 2.81. The Balaban J connectivity index is 1.60. The van der Waals surface area contributed by atoms with Crippen LogP contribution in [-0.2, 0) is 14.4 Å². The van der Waals surface area contributed by atoms with E-state index in [9.17, 15) is 14.4 Å². The molecule has 2 saturated heterocycles. The highest BCUT2D eigenvalue weighted by Crippen LogP contribution is 2.28. The fourth-order valence-electron chi connectivity index (χ4n) is 3.76. The first-order valence-corrected chi connectivity index (χ1v) is 7.92. The van der Waals surface area contributed by atoms with Crippen LogP contribution in [0, 0.1) is 0 Å². The summed E-state index contributed by atoms with van der Waals surface area (Å²) < 4.78 is 0. The van der Waals surface area contributed by atoms with Gasteiger partial charge in [0.2, 0.25) is 17.7 Å². The Hall–Kier alpha value is -1.43. The van der Waals surface area contributed by atoms with E-state index in [1.54, 1.807) is 11.9 Å². The zero-order valence-electron chi connectivity index (χ0n) is 12.5. The van der Waals surface area contributed by atoms with Crippen molar-refractivity contribution >= 4 is 17.7 Å². The monoisotopic (exact) mass is 293 g/mol. The van der Waals surface area contributed by atoms with Crippen LogP contribution in [0.5, 0.6) is 0 Å². The molecule has 0 radical (unpaired) electrons. The van der Waals surface area contributed by atoms with Crippen molar-refractivity contribution in [2.45, 2.75) is 63.1 Å². The van der Waals surface area contributed by atoms with Gasteiger partial charge in [0.05, 0.1) is 12.5 Å². The van der Waals surface area contributed by atoms with Gasteiger partial charge in [-0.15, -0.1) is 0 Å². The molecule has 2 heterocycles. The molecule has 21 heavy (non-hydrogen) atoms. The number of nitrogens with one attached hydrogen (secondary N) is 1. The molecule has 116 valence electrons. The lowest BCUT2D eigenvalue weighted by molar-refractivity contribution is -0.141. The third-order valence-corrected chi connectivity index (χ3v) is 4.94. The van der Waals surface area contributed by atoms with Crippen molar-refractivity contribution in [3.63, 3.8) is 0 Å². The average Bonchev–Trinajstić information content (AvgIpc) is 3.04. The molecule has 2 aliphatic heterocycles. The van der Waals surface area contributed by atoms with E-state index in [-0.39, 0.29) is 36.2 Å². The molecule has 1 aliphatic carbocycles. The summed E-state index contributed by atoms with van der Waals surface area (Å²) in [5.74, 6) is 0.0468. The molecule has 6 heteroatoms. The number of likely N-dealkylation sites (tertiary alicyclic amines) is 2. The summed E-state index contributed by atoms with van der Waals surface area (Å²) in [6, 6.07) is -0.171. The fraction of sp³-hybridized carbons (Fsp3) is 0.800. The quantitative estimate of drug-likeness (QED) is 0.758. The minimum Gasteiger partial charge on any atom is -0.344 e. The van der Waals surface area contributed by atoms with Gasteiger partial charge in [0.15, 0.2) is 0 Å². The van der Waals surface area contributed by atoms with E-state index in [0.29, 0.717) is 13.0 Å². The molecule has 0 aromatic rings. The fourth-order valence-corrected chi connectivity index (χ4v) is 3.76. The highest BCUT2D eigenvalue weighted by Gasteiger charge is 2.43. The molecule has 1 saturated carbocycles. The molecule has 1 N–H and O–H groups in total. The van der Waals surface area contributed by atoms with Crippen molar-refractivity contribution in [3.8, 4) is 0 Å². The van der Waals surface area contributed by atoms with Gasteiger partial charge in [-0.2, -0.15) is 0 Å². The molecule has 0 aromatic heterocycles. The smallest absolute Gasteiger partial charge is 0.247 e. The van der Waals surface area contributed by atoms with E-state index in [2.05, 4.69) is 5.32 Å². The number of hydrogen-bond donors (Lipinski definition) is 1. The van der Waals surface area contributed by atoms with Crippen molar-refractivity contribution in [2.75, 3.05) is 13.6 Å². The molecule has 3 aliphatic rings. The predicted octanol–water partition coefficient (Wildman–Crippen LogP) is 0.267. The maximum Gasteiger partial charge on any atom is 0.247 e. The molecule has 0 spiro atoms. The van der Waals surface area contributed by atoms with E-state index < -0.39 is 6.04 Å². The molecule has 0 aromatic carbocycles. The number of nitrogens with zero attached hydrogens (tertiary/aromatic N) is 2. The number of likely N-dealkylation sites (N-methyl/N-ethyl adjacent to an activating group) is 1. The highest BCUT2D eigenvalue weighted by molar-refractivity contribution is 6.05. The van der Waals surface area contributed by atoms with Gasteiger partial charge in [0, 0.05) is 32.1 Å². The van der Waals surface area contributed by atoms with Crippen molar-refractivity contribution in [1.29, 1.82) is 0 Å². The molecule has 2 unspecified atom stereocenters. The Bertz CT molecular complexity index is 459. The van der Waals surface area contributed by atoms with Gasteiger partial charge in [0.1, 0.15) is 0 Å². The lowest BCUT2D eigenvalue weighted by Gasteiger charge is -2.31. The van der Waals surface area contributed by atoms with Crippen molar-refractivity contribution in [3.05, 3.63) is 0 Å². The van der Waals surface area contributed by atoms with Crippen LogP contribution in [0.3, 0.4) is 0 Å². The number of carbonyl (C=O) groups excluding carboxylic acids is 3. The summed E-state index contributed by atoms with van der Waals surface area (Å²) >= 11 is 0. The normalized spacial score (nSPS) is 31.6. The maximum absolute atomic E-state index is 12.5. The molecule has 3 fully saturated rings. The summed E-state index contributed by atoms with van der Waals surface area (Å²) in [7, 11) is 1.78. The number of piperidine rings is 1. The van der Waals surface area contributed by atoms with Crippen molar-refractivity contribution in [2.24, 2.45) is 0 Å². The first-order chi connectivity index (χ1) is 10.1. The minimum absolute atomic E-state index is 0.0374.